The number of fused-ring (bicyclic) bond motifs is 8. The van der Waals surface area contributed by atoms with Crippen LogP contribution in [0, 0.1) is 0 Å². The van der Waals surface area contributed by atoms with Gasteiger partial charge >= 0.3 is 17.1 Å². The Kier molecular flexibility index (Phi) is 16.8. The SMILES string of the molecule is O=S(O)c1ccc(-c2c3nc(c(-c4ccc(S(=O)O)cc4)c4[n-]c(c(Br)c4Br)c(-c4ccc(S(=O)O)cc4)c4nc(c(-c5ccc(S(=O)O)cc5)c5[n-]c2c(Br)c5Br)C(Br)=C4Br)C(Br)=C3Br)cc1.[Mn+2]. The largest absolute Gasteiger partial charge is 2.00 e. The molecule has 7 aromatic rings. The molecule has 0 saturated carbocycles. The second kappa shape index (κ2) is 21.6. The van der Waals surface area contributed by atoms with Gasteiger partial charge in [-0.1, -0.05) is 112 Å². The van der Waals surface area contributed by atoms with Crippen molar-refractivity contribution in [3.8, 4) is 44.5 Å². The molecule has 0 saturated heterocycles. The molecule has 0 fully saturated rings. The van der Waals surface area contributed by atoms with Gasteiger partial charge in [-0.3, -0.25) is 0 Å². The van der Waals surface area contributed by atoms with Crippen molar-refractivity contribution < 1.29 is 52.1 Å². The zero-order valence-electron chi connectivity index (χ0n) is 33.5. The molecule has 4 N–H and O–H groups in total. The minimum absolute atomic E-state index is 0. The summed E-state index contributed by atoms with van der Waals surface area (Å²) in [5, 5.41) is 0. The van der Waals surface area contributed by atoms with Crippen LogP contribution in [0.4, 0.5) is 0 Å². The van der Waals surface area contributed by atoms with E-state index in [1.165, 1.54) is 48.5 Å². The Morgan fingerprint density at radius 3 is 0.667 bits per heavy atom. The summed E-state index contributed by atoms with van der Waals surface area (Å²) in [6, 6.07) is 25.8. The Hall–Kier alpha value is -1.72. The molecule has 2 aliphatic heterocycles. The summed E-state index contributed by atoms with van der Waals surface area (Å²) in [6.07, 6.45) is 0. The second-order valence-corrected chi connectivity index (χ2v) is 24.6. The van der Waals surface area contributed by atoms with Crippen LogP contribution in [0.25, 0.3) is 84.5 Å². The second-order valence-electron chi connectivity index (χ2n) is 14.3. The summed E-state index contributed by atoms with van der Waals surface area (Å²) in [6.45, 7) is 0. The average molecular weight is 1560 g/mol. The van der Waals surface area contributed by atoms with Crippen LogP contribution in [0.5, 0.6) is 0 Å². The Morgan fingerprint density at radius 2 is 0.507 bits per heavy atom. The zero-order chi connectivity index (χ0) is 48.6. The number of nitrogens with zero attached hydrogens (tertiary/aromatic N) is 4. The van der Waals surface area contributed by atoms with Crippen molar-refractivity contribution in [2.24, 2.45) is 0 Å². The van der Waals surface area contributed by atoms with Gasteiger partial charge in [0, 0.05) is 17.9 Å². The van der Waals surface area contributed by atoms with E-state index in [1.54, 1.807) is 48.5 Å². The van der Waals surface area contributed by atoms with E-state index in [9.17, 15) is 35.0 Å². The molecule has 0 spiro atoms. The molecule has 69 heavy (non-hydrogen) atoms. The van der Waals surface area contributed by atoms with Gasteiger partial charge in [0.15, 0.2) is 44.3 Å². The van der Waals surface area contributed by atoms with E-state index in [-0.39, 0.29) is 36.7 Å². The first-order valence-electron chi connectivity index (χ1n) is 18.8. The van der Waals surface area contributed by atoms with Crippen LogP contribution in [0.3, 0.4) is 0 Å². The van der Waals surface area contributed by atoms with Gasteiger partial charge in [-0.2, -0.15) is 0 Å². The fourth-order valence-corrected chi connectivity index (χ4v) is 12.8. The normalized spacial score (nSPS) is 14.4. The van der Waals surface area contributed by atoms with Gasteiger partial charge in [-0.15, -0.1) is 22.1 Å². The Labute approximate surface area is 479 Å². The van der Waals surface area contributed by atoms with Gasteiger partial charge in [0.05, 0.1) is 60.3 Å². The summed E-state index contributed by atoms with van der Waals surface area (Å²) in [5.41, 5.74) is 7.33. The quantitative estimate of drug-likeness (QED) is 0.0829. The number of hydrogen-bond acceptors (Lipinski definition) is 6. The molecule has 4 aromatic carbocycles. The molecule has 3 aromatic heterocycles. The molecule has 351 valence electrons. The fraction of sp³-hybridized carbons (Fsp3) is 0. The van der Waals surface area contributed by atoms with Crippen molar-refractivity contribution in [3.05, 3.63) is 138 Å². The number of hydrogen-bond donors (Lipinski definition) is 4. The van der Waals surface area contributed by atoms with E-state index in [4.69, 9.17) is 19.9 Å². The van der Waals surface area contributed by atoms with Crippen LogP contribution in [0.15, 0.2) is 135 Å². The number of rotatable bonds is 8. The topological polar surface area (TPSA) is 203 Å². The monoisotopic (exact) mass is 1550 g/mol. The van der Waals surface area contributed by atoms with Gasteiger partial charge < -0.3 is 28.2 Å². The molecule has 0 aliphatic carbocycles. The standard InChI is InChI=1S/C44H20Br8N4O8S4.Mn/c45-29-31(47)39-26(18-3-11-22(12-4-18)66(59)60)41-33(49)35(51)43(55-41)28(20-7-15-24(16-8-20)68(63)64)44-36(52)34(50)42(56-44)27(19-5-13-23(14-6-19)67(61)62)40-32(48)30(46)38(54-40)25(37(29)53-39)17-1-9-21(10-2-17)65(57)58;/h1-16H,(H,57,58)(H,59,60)(H,61,62)(H,63,64);/q-2;+2. The Morgan fingerprint density at radius 1 is 0.333 bits per heavy atom. The van der Waals surface area contributed by atoms with E-state index in [2.05, 4.69) is 127 Å². The molecule has 1 radical (unpaired) electrons. The van der Waals surface area contributed by atoms with Crippen LogP contribution in [-0.2, 0) is 61.4 Å². The molecule has 2 aliphatic rings. The molecule has 25 heteroatoms. The summed E-state index contributed by atoms with van der Waals surface area (Å²) in [7, 11) is 0. The third-order valence-corrected chi connectivity index (χ3v) is 21.6. The van der Waals surface area contributed by atoms with Crippen LogP contribution in [-0.4, -0.2) is 45.0 Å². The van der Waals surface area contributed by atoms with E-state index < -0.39 is 44.3 Å². The van der Waals surface area contributed by atoms with Crippen molar-refractivity contribution in [1.82, 2.24) is 19.9 Å². The molecule has 0 amide bonds. The maximum absolute atomic E-state index is 12.2. The van der Waals surface area contributed by atoms with Gasteiger partial charge in [0.2, 0.25) is 0 Å². The predicted octanol–water partition coefficient (Wildman–Crippen LogP) is 14.8. The minimum atomic E-state index is -2.27. The molecule has 9 rings (SSSR count). The van der Waals surface area contributed by atoms with Crippen molar-refractivity contribution in [2.75, 3.05) is 0 Å². The summed E-state index contributed by atoms with van der Waals surface area (Å²) in [5.74, 6) is 0. The summed E-state index contributed by atoms with van der Waals surface area (Å²) in [4.78, 5) is 22.0. The first kappa shape index (κ1) is 53.6. The predicted molar refractivity (Wildman–Crippen MR) is 297 cm³/mol. The molecule has 5 heterocycles. The maximum Gasteiger partial charge on any atom is 2.00 e. The number of benzene rings is 4. The van der Waals surface area contributed by atoms with Gasteiger partial charge in [0.1, 0.15) is 0 Å². The van der Waals surface area contributed by atoms with Crippen LogP contribution in [0.1, 0.15) is 22.8 Å². The van der Waals surface area contributed by atoms with E-state index in [0.717, 1.165) is 0 Å². The Balaban J connectivity index is 0.00000642. The minimum Gasteiger partial charge on any atom is -0.655 e. The van der Waals surface area contributed by atoms with E-state index in [0.29, 0.717) is 125 Å². The molecule has 12 nitrogen and oxygen atoms in total. The molecular weight excluding hydrogens is 1530 g/mol. The van der Waals surface area contributed by atoms with Crippen LogP contribution < -0.4 is 9.97 Å². The van der Waals surface area contributed by atoms with Gasteiger partial charge in [-0.25, -0.2) is 26.8 Å². The number of halogens is 8. The molecular formula is C44H20Br8MnN4O8S4. The third-order valence-electron chi connectivity index (χ3n) is 10.6. The molecule has 4 atom stereocenters. The van der Waals surface area contributed by atoms with Crippen molar-refractivity contribution in [3.63, 3.8) is 0 Å². The van der Waals surface area contributed by atoms with Crippen LogP contribution >= 0.6 is 127 Å². The number of aromatic nitrogens is 4. The maximum atomic E-state index is 12.2. The first-order chi connectivity index (χ1) is 32.4. The zero-order valence-corrected chi connectivity index (χ0v) is 50.6. The summed E-state index contributed by atoms with van der Waals surface area (Å²) >= 11 is 21.7. The van der Waals surface area contributed by atoms with Crippen molar-refractivity contribution >= 4 is 212 Å². The van der Waals surface area contributed by atoms with Crippen LogP contribution in [0.2, 0.25) is 0 Å². The van der Waals surface area contributed by atoms with E-state index >= 15 is 0 Å². The third kappa shape index (κ3) is 9.90. The smallest absolute Gasteiger partial charge is 0.655 e. The first-order valence-corrected chi connectivity index (χ1v) is 29.6. The molecule has 8 bridgehead atoms. The summed E-state index contributed by atoms with van der Waals surface area (Å²) < 4.78 is 92.7. The van der Waals surface area contributed by atoms with Crippen molar-refractivity contribution in [2.45, 2.75) is 19.6 Å². The Bertz CT molecular complexity index is 3200. The van der Waals surface area contributed by atoms with E-state index in [1.807, 2.05) is 0 Å². The van der Waals surface area contributed by atoms with Gasteiger partial charge in [-0.05, 0) is 157 Å². The molecule has 4 unspecified atom stereocenters. The fourth-order valence-electron chi connectivity index (χ4n) is 7.49. The average Bonchev–Trinajstić information content (AvgIpc) is 3.98. The van der Waals surface area contributed by atoms with Crippen molar-refractivity contribution in [1.29, 1.82) is 0 Å². The van der Waals surface area contributed by atoms with Gasteiger partial charge in [0.25, 0.3) is 0 Å².